The molecule has 1 N–H and O–H groups in total. The summed E-state index contributed by atoms with van der Waals surface area (Å²) in [5.74, 6) is 0.236. The Morgan fingerprint density at radius 2 is 1.96 bits per heavy atom. The number of nitrogens with one attached hydrogen (secondary N) is 1. The van der Waals surface area contributed by atoms with Crippen molar-refractivity contribution in [3.05, 3.63) is 64.7 Å². The summed E-state index contributed by atoms with van der Waals surface area (Å²) in [5.41, 5.74) is 4.39. The monoisotopic (exact) mass is 334 g/mol. The molecule has 0 saturated carbocycles. The maximum atomic E-state index is 12.2. The van der Waals surface area contributed by atoms with Gasteiger partial charge in [-0.1, -0.05) is 30.3 Å². The van der Waals surface area contributed by atoms with Crippen LogP contribution in [0.15, 0.2) is 42.5 Å². The van der Waals surface area contributed by atoms with Crippen LogP contribution in [0.5, 0.6) is 5.75 Å². The highest BCUT2D eigenvalue weighted by Gasteiger charge is 2.14. The van der Waals surface area contributed by atoms with Crippen molar-refractivity contribution >= 4 is 5.91 Å². The second-order valence-electron chi connectivity index (χ2n) is 6.42. The number of amides is 1. The molecule has 3 rings (SSSR count). The fraction of sp³-hybridized carbons (Fsp3) is 0.333. The van der Waals surface area contributed by atoms with Gasteiger partial charge in [0.05, 0.1) is 11.6 Å². The van der Waals surface area contributed by atoms with Crippen molar-refractivity contribution in [3.8, 4) is 11.8 Å². The van der Waals surface area contributed by atoms with Crippen LogP contribution in [-0.2, 0) is 17.6 Å². The van der Waals surface area contributed by atoms with E-state index in [0.29, 0.717) is 11.3 Å². The molecule has 0 spiro atoms. The Bertz CT molecular complexity index is 808. The number of rotatable bonds is 5. The minimum atomic E-state index is -0.196. The van der Waals surface area contributed by atoms with Gasteiger partial charge >= 0.3 is 0 Å². The van der Waals surface area contributed by atoms with E-state index >= 15 is 0 Å². The largest absolute Gasteiger partial charge is 0.482 e. The number of hydrogen-bond donors (Lipinski definition) is 1. The topological polar surface area (TPSA) is 62.1 Å². The van der Waals surface area contributed by atoms with Crippen molar-refractivity contribution in [2.24, 2.45) is 0 Å². The van der Waals surface area contributed by atoms with E-state index in [1.54, 1.807) is 24.3 Å². The lowest BCUT2D eigenvalue weighted by Crippen LogP contribution is -2.31. The molecule has 4 heteroatoms. The molecule has 25 heavy (non-hydrogen) atoms. The summed E-state index contributed by atoms with van der Waals surface area (Å²) in [6.07, 6.45) is 4.78. The van der Waals surface area contributed by atoms with E-state index in [4.69, 9.17) is 10.00 Å². The number of para-hydroxylation sites is 1. The molecular formula is C21H22N2O2. The van der Waals surface area contributed by atoms with Crippen molar-refractivity contribution in [2.75, 3.05) is 6.61 Å². The number of carbonyl (C=O) groups excluding carboxylic acids is 1. The third kappa shape index (κ3) is 4.19. The van der Waals surface area contributed by atoms with Crippen LogP contribution in [0, 0.1) is 11.3 Å². The molecule has 1 amide bonds. The summed E-state index contributed by atoms with van der Waals surface area (Å²) in [4.78, 5) is 12.2. The number of hydrogen-bond acceptors (Lipinski definition) is 3. The molecule has 1 unspecified atom stereocenters. The Hall–Kier alpha value is -2.80. The molecule has 1 aliphatic carbocycles. The van der Waals surface area contributed by atoms with Gasteiger partial charge in [-0.15, -0.1) is 0 Å². The second-order valence-corrected chi connectivity index (χ2v) is 6.42. The molecule has 128 valence electrons. The second kappa shape index (κ2) is 7.85. The van der Waals surface area contributed by atoms with Gasteiger partial charge in [0.1, 0.15) is 11.8 Å². The van der Waals surface area contributed by atoms with Gasteiger partial charge < -0.3 is 10.1 Å². The van der Waals surface area contributed by atoms with Crippen LogP contribution in [0.2, 0.25) is 0 Å². The van der Waals surface area contributed by atoms with E-state index in [0.717, 1.165) is 18.4 Å². The van der Waals surface area contributed by atoms with Crippen molar-refractivity contribution in [3.63, 3.8) is 0 Å². The Labute approximate surface area is 148 Å². The van der Waals surface area contributed by atoms with E-state index in [1.807, 2.05) is 6.92 Å². The number of aryl methyl sites for hydroxylation is 2. The summed E-state index contributed by atoms with van der Waals surface area (Å²) in [6.45, 7) is 1.87. The minimum Gasteiger partial charge on any atom is -0.482 e. The maximum Gasteiger partial charge on any atom is 0.258 e. The molecule has 0 aliphatic heterocycles. The van der Waals surface area contributed by atoms with Gasteiger partial charge in [0.25, 0.3) is 5.91 Å². The summed E-state index contributed by atoms with van der Waals surface area (Å²) in [7, 11) is 0. The molecule has 4 nitrogen and oxygen atoms in total. The third-order valence-corrected chi connectivity index (χ3v) is 4.62. The molecule has 1 atom stereocenters. The standard InChI is InChI=1S/C21H22N2O2/c1-15(17-11-10-16-6-2-3-7-18(16)12-17)23-21(24)14-25-20-9-5-4-8-19(20)13-22/h4-5,8-12,15H,2-3,6-7,14H2,1H3,(H,23,24). The molecule has 0 aromatic heterocycles. The first-order chi connectivity index (χ1) is 12.2. The lowest BCUT2D eigenvalue weighted by atomic mass is 9.89. The fourth-order valence-corrected chi connectivity index (χ4v) is 3.22. The molecule has 2 aromatic rings. The summed E-state index contributed by atoms with van der Waals surface area (Å²) in [6, 6.07) is 15.4. The average molecular weight is 334 g/mol. The summed E-state index contributed by atoms with van der Waals surface area (Å²) in [5, 5.41) is 12.0. The van der Waals surface area contributed by atoms with Gasteiger partial charge in [-0.3, -0.25) is 4.79 Å². The molecule has 0 fully saturated rings. The predicted octanol–water partition coefficient (Wildman–Crippen LogP) is 3.69. The third-order valence-electron chi connectivity index (χ3n) is 4.62. The number of carbonyl (C=O) groups is 1. The molecule has 0 bridgehead atoms. The van der Waals surface area contributed by atoms with Crippen LogP contribution in [-0.4, -0.2) is 12.5 Å². The Balaban J connectivity index is 1.58. The van der Waals surface area contributed by atoms with E-state index < -0.39 is 0 Å². The number of ether oxygens (including phenoxy) is 1. The normalized spacial score (nSPS) is 14.1. The van der Waals surface area contributed by atoms with E-state index in [2.05, 4.69) is 29.6 Å². The van der Waals surface area contributed by atoms with Gasteiger partial charge in [-0.25, -0.2) is 0 Å². The van der Waals surface area contributed by atoms with Crippen LogP contribution < -0.4 is 10.1 Å². The van der Waals surface area contributed by atoms with Gasteiger partial charge in [-0.2, -0.15) is 5.26 Å². The van der Waals surface area contributed by atoms with Crippen molar-refractivity contribution < 1.29 is 9.53 Å². The maximum absolute atomic E-state index is 12.2. The molecular weight excluding hydrogens is 312 g/mol. The quantitative estimate of drug-likeness (QED) is 0.907. The summed E-state index contributed by atoms with van der Waals surface area (Å²) < 4.78 is 5.48. The van der Waals surface area contributed by atoms with Crippen LogP contribution >= 0.6 is 0 Å². The van der Waals surface area contributed by atoms with Crippen LogP contribution in [0.1, 0.15) is 48.1 Å². The predicted molar refractivity (Wildman–Crippen MR) is 96.3 cm³/mol. The first-order valence-corrected chi connectivity index (χ1v) is 8.70. The smallest absolute Gasteiger partial charge is 0.258 e. The molecule has 1 aliphatic rings. The van der Waals surface area contributed by atoms with Crippen molar-refractivity contribution in [2.45, 2.75) is 38.6 Å². The van der Waals surface area contributed by atoms with Crippen molar-refractivity contribution in [1.29, 1.82) is 5.26 Å². The number of nitrogens with zero attached hydrogens (tertiary/aromatic N) is 1. The fourth-order valence-electron chi connectivity index (χ4n) is 3.22. The molecule has 0 saturated heterocycles. The molecule has 0 radical (unpaired) electrons. The Kier molecular flexibility index (Phi) is 5.35. The zero-order valence-electron chi connectivity index (χ0n) is 14.4. The van der Waals surface area contributed by atoms with Crippen LogP contribution in [0.25, 0.3) is 0 Å². The number of benzene rings is 2. The lowest BCUT2D eigenvalue weighted by molar-refractivity contribution is -0.123. The van der Waals surface area contributed by atoms with Gasteiger partial charge in [-0.05, 0) is 61.4 Å². The van der Waals surface area contributed by atoms with Gasteiger partial charge in [0.2, 0.25) is 0 Å². The molecule has 2 aromatic carbocycles. The zero-order valence-corrected chi connectivity index (χ0v) is 14.4. The van der Waals surface area contributed by atoms with Gasteiger partial charge in [0.15, 0.2) is 6.61 Å². The highest BCUT2D eigenvalue weighted by Crippen LogP contribution is 2.24. The number of fused-ring (bicyclic) bond motifs is 1. The number of nitriles is 1. The van der Waals surface area contributed by atoms with Crippen LogP contribution in [0.4, 0.5) is 0 Å². The highest BCUT2D eigenvalue weighted by molar-refractivity contribution is 5.78. The first-order valence-electron chi connectivity index (χ1n) is 8.70. The Morgan fingerprint density at radius 1 is 1.20 bits per heavy atom. The highest BCUT2D eigenvalue weighted by atomic mass is 16.5. The van der Waals surface area contributed by atoms with E-state index in [9.17, 15) is 4.79 Å². The van der Waals surface area contributed by atoms with Gasteiger partial charge in [0, 0.05) is 0 Å². The minimum absolute atomic E-state index is 0.0745. The summed E-state index contributed by atoms with van der Waals surface area (Å²) >= 11 is 0. The van der Waals surface area contributed by atoms with E-state index in [-0.39, 0.29) is 18.6 Å². The molecule has 0 heterocycles. The van der Waals surface area contributed by atoms with Crippen molar-refractivity contribution in [1.82, 2.24) is 5.32 Å². The lowest BCUT2D eigenvalue weighted by Gasteiger charge is -2.20. The van der Waals surface area contributed by atoms with Crippen LogP contribution in [0.3, 0.4) is 0 Å². The SMILES string of the molecule is CC(NC(=O)COc1ccccc1C#N)c1ccc2c(c1)CCCC2. The Morgan fingerprint density at radius 3 is 2.76 bits per heavy atom. The first kappa shape index (κ1) is 17.0. The average Bonchev–Trinajstić information content (AvgIpc) is 2.66. The van der Waals surface area contributed by atoms with E-state index in [1.165, 1.54) is 24.0 Å². The zero-order chi connectivity index (χ0) is 17.6.